The Hall–Kier alpha value is -0.706. The second kappa shape index (κ2) is 11.0. The van der Waals surface area contributed by atoms with Crippen molar-refractivity contribution in [3.05, 3.63) is 0 Å². The van der Waals surface area contributed by atoms with Crippen LogP contribution in [0.1, 0.15) is 12.8 Å². The second-order valence-electron chi connectivity index (χ2n) is 8.48. The third-order valence-corrected chi connectivity index (χ3v) is 13.4. The highest BCUT2D eigenvalue weighted by Crippen LogP contribution is 2.26. The van der Waals surface area contributed by atoms with Gasteiger partial charge < -0.3 is 19.7 Å². The summed E-state index contributed by atoms with van der Waals surface area (Å²) in [6, 6.07) is 1.23. The first-order valence-corrected chi connectivity index (χ1v) is 15.6. The molecule has 0 aromatic heterocycles. The van der Waals surface area contributed by atoms with Crippen LogP contribution in [0.25, 0.3) is 0 Å². The summed E-state index contributed by atoms with van der Waals surface area (Å²) in [5.41, 5.74) is 1.40. The van der Waals surface area contributed by atoms with E-state index in [9.17, 15) is 9.59 Å². The fourth-order valence-electron chi connectivity index (χ4n) is 3.23. The molecule has 0 aromatic carbocycles. The molecule has 24 heavy (non-hydrogen) atoms. The van der Waals surface area contributed by atoms with Crippen LogP contribution >= 0.6 is 0 Å². The van der Waals surface area contributed by atoms with Gasteiger partial charge in [-0.25, -0.2) is 9.59 Å². The predicted molar refractivity (Wildman–Crippen MR) is 100 cm³/mol. The van der Waals surface area contributed by atoms with Gasteiger partial charge in [0.15, 0.2) is 0 Å². The van der Waals surface area contributed by atoms with Gasteiger partial charge in [0.1, 0.15) is 13.2 Å². The minimum Gasteiger partial charge on any atom is -0.480 e. The molecule has 0 spiro atoms. The monoisotopic (exact) mass is 378 g/mol. The molecule has 0 fully saturated rings. The lowest BCUT2D eigenvalue weighted by atomic mass is 10.1. The summed E-state index contributed by atoms with van der Waals surface area (Å²) < 4.78 is 10.3. The van der Waals surface area contributed by atoms with E-state index in [1.807, 2.05) is 0 Å². The van der Waals surface area contributed by atoms with Crippen molar-refractivity contribution in [2.24, 2.45) is 5.92 Å². The van der Waals surface area contributed by atoms with E-state index in [1.165, 1.54) is 11.7 Å². The van der Waals surface area contributed by atoms with Crippen molar-refractivity contribution >= 4 is 28.1 Å². The maximum absolute atomic E-state index is 10.5. The van der Waals surface area contributed by atoms with Crippen molar-refractivity contribution in [2.45, 2.75) is 57.3 Å². The molecule has 0 aliphatic rings. The number of carboxylic acid groups (broad SMARTS) is 2. The van der Waals surface area contributed by atoms with Crippen LogP contribution in [0.15, 0.2) is 0 Å². The van der Waals surface area contributed by atoms with E-state index in [4.69, 9.17) is 19.7 Å². The fourth-order valence-corrected chi connectivity index (χ4v) is 16.6. The Morgan fingerprint density at radius 1 is 0.917 bits per heavy atom. The SMILES string of the molecule is C[Si](C)(C)C[Si](C)(C)CCCC(COCC(=O)O)COCC(=O)O. The summed E-state index contributed by atoms with van der Waals surface area (Å²) in [7, 11) is -2.27. The Balaban J connectivity index is 4.31. The molecule has 0 saturated carbocycles. The molecule has 0 rings (SSSR count). The number of carboxylic acids is 2. The summed E-state index contributed by atoms with van der Waals surface area (Å²) in [5.74, 6) is -1.95. The fraction of sp³-hybridized carbons (Fsp3) is 0.875. The van der Waals surface area contributed by atoms with E-state index in [0.29, 0.717) is 13.2 Å². The Labute approximate surface area is 147 Å². The van der Waals surface area contributed by atoms with Crippen molar-refractivity contribution in [1.82, 2.24) is 0 Å². The summed E-state index contributed by atoms with van der Waals surface area (Å²) in [6.07, 6.45) is 1.93. The van der Waals surface area contributed by atoms with E-state index >= 15 is 0 Å². The van der Waals surface area contributed by atoms with Gasteiger partial charge in [-0.05, 0) is 6.42 Å². The van der Waals surface area contributed by atoms with Crippen molar-refractivity contribution in [2.75, 3.05) is 26.4 Å². The van der Waals surface area contributed by atoms with E-state index in [0.717, 1.165) is 12.8 Å². The van der Waals surface area contributed by atoms with Gasteiger partial charge in [-0.3, -0.25) is 0 Å². The van der Waals surface area contributed by atoms with E-state index in [-0.39, 0.29) is 19.1 Å². The molecule has 0 radical (unpaired) electrons. The topological polar surface area (TPSA) is 93.1 Å². The zero-order valence-electron chi connectivity index (χ0n) is 15.8. The molecule has 142 valence electrons. The Bertz CT molecular complexity index is 373. The second-order valence-corrected chi connectivity index (χ2v) is 19.8. The van der Waals surface area contributed by atoms with Crippen LogP contribution in [0.4, 0.5) is 0 Å². The maximum atomic E-state index is 10.5. The summed E-state index contributed by atoms with van der Waals surface area (Å²) in [4.78, 5) is 21.1. The van der Waals surface area contributed by atoms with Crippen LogP contribution in [0, 0.1) is 5.92 Å². The normalized spacial score (nSPS) is 12.6. The lowest BCUT2D eigenvalue weighted by Crippen LogP contribution is -2.37. The van der Waals surface area contributed by atoms with Crippen LogP contribution in [0.2, 0.25) is 44.4 Å². The zero-order valence-corrected chi connectivity index (χ0v) is 17.8. The number of hydrogen-bond donors (Lipinski definition) is 2. The Morgan fingerprint density at radius 2 is 1.38 bits per heavy atom. The molecule has 0 aromatic rings. The molecule has 0 unspecified atom stereocenters. The number of carbonyl (C=O) groups is 2. The smallest absolute Gasteiger partial charge is 0.329 e. The summed E-state index contributed by atoms with van der Waals surface area (Å²) >= 11 is 0. The van der Waals surface area contributed by atoms with Gasteiger partial charge in [0.25, 0.3) is 0 Å². The van der Waals surface area contributed by atoms with Crippen molar-refractivity contribution in [1.29, 1.82) is 0 Å². The molecule has 0 aliphatic carbocycles. The van der Waals surface area contributed by atoms with Crippen LogP contribution in [0.5, 0.6) is 0 Å². The van der Waals surface area contributed by atoms with Crippen LogP contribution in [-0.4, -0.2) is 64.7 Å². The molecule has 0 aliphatic heterocycles. The highest BCUT2D eigenvalue weighted by molar-refractivity contribution is 6.94. The van der Waals surface area contributed by atoms with E-state index in [2.05, 4.69) is 32.7 Å². The summed E-state index contributed by atoms with van der Waals surface area (Å²) in [6.45, 7) is 12.0. The average Bonchev–Trinajstić information content (AvgIpc) is 2.33. The van der Waals surface area contributed by atoms with Crippen LogP contribution < -0.4 is 0 Å². The highest BCUT2D eigenvalue weighted by atomic mass is 28.4. The molecule has 6 nitrogen and oxygen atoms in total. The molecule has 0 saturated heterocycles. The van der Waals surface area contributed by atoms with Gasteiger partial charge in [0.05, 0.1) is 13.2 Å². The van der Waals surface area contributed by atoms with Gasteiger partial charge >= 0.3 is 11.9 Å². The molecular formula is C16H34O6Si2. The molecule has 0 bridgehead atoms. The summed E-state index contributed by atoms with van der Waals surface area (Å²) in [5, 5.41) is 17.3. The van der Waals surface area contributed by atoms with Crippen LogP contribution in [-0.2, 0) is 19.1 Å². The first-order chi connectivity index (χ1) is 10.9. The minimum atomic E-state index is -1.21. The molecule has 8 heteroatoms. The zero-order chi connectivity index (χ0) is 18.8. The van der Waals surface area contributed by atoms with Crippen molar-refractivity contribution in [3.8, 4) is 0 Å². The third-order valence-electron chi connectivity index (χ3n) is 3.63. The number of aliphatic carboxylic acids is 2. The largest absolute Gasteiger partial charge is 0.480 e. The van der Waals surface area contributed by atoms with Crippen molar-refractivity contribution < 1.29 is 29.3 Å². The first kappa shape index (κ1) is 23.3. The number of hydrogen-bond acceptors (Lipinski definition) is 4. The Kier molecular flexibility index (Phi) is 10.7. The predicted octanol–water partition coefficient (Wildman–Crippen LogP) is 3.17. The minimum absolute atomic E-state index is 0.0420. The van der Waals surface area contributed by atoms with Crippen LogP contribution in [0.3, 0.4) is 0 Å². The molecular weight excluding hydrogens is 344 g/mol. The standard InChI is InChI=1S/C16H34O6Si2/c1-23(2,3)13-24(4,5)8-6-7-14(9-21-11-15(17)18)10-22-12-16(19)20/h14H,6-13H2,1-5H3,(H,17,18)(H,19,20). The average molecular weight is 379 g/mol. The molecule has 0 atom stereocenters. The lowest BCUT2D eigenvalue weighted by molar-refractivity contribution is -0.143. The quantitative estimate of drug-likeness (QED) is 0.451. The Morgan fingerprint density at radius 3 is 1.75 bits per heavy atom. The van der Waals surface area contributed by atoms with Gasteiger partial charge in [0.2, 0.25) is 0 Å². The number of rotatable bonds is 14. The van der Waals surface area contributed by atoms with Crippen molar-refractivity contribution in [3.63, 3.8) is 0 Å². The number of ether oxygens (including phenoxy) is 2. The van der Waals surface area contributed by atoms with E-state index in [1.54, 1.807) is 0 Å². The highest BCUT2D eigenvalue weighted by Gasteiger charge is 2.28. The van der Waals surface area contributed by atoms with E-state index < -0.39 is 28.1 Å². The van der Waals surface area contributed by atoms with Gasteiger partial charge in [-0.15, -0.1) is 0 Å². The third kappa shape index (κ3) is 14.9. The van der Waals surface area contributed by atoms with Gasteiger partial charge in [0, 0.05) is 22.1 Å². The molecule has 2 N–H and O–H groups in total. The lowest BCUT2D eigenvalue weighted by Gasteiger charge is -2.30. The molecule has 0 amide bonds. The molecule has 0 heterocycles. The maximum Gasteiger partial charge on any atom is 0.329 e. The van der Waals surface area contributed by atoms with Gasteiger partial charge in [-0.2, -0.15) is 0 Å². The first-order valence-electron chi connectivity index (χ1n) is 8.50. The van der Waals surface area contributed by atoms with Gasteiger partial charge in [-0.1, -0.05) is 50.9 Å².